The molecule has 2 N–H and O–H groups in total. The number of primary amides is 1. The lowest BCUT2D eigenvalue weighted by molar-refractivity contribution is 0.0350. The summed E-state index contributed by atoms with van der Waals surface area (Å²) in [5.74, 6) is 0.248. The fourth-order valence-corrected chi connectivity index (χ4v) is 3.60. The topological polar surface area (TPSA) is 58.8 Å². The number of amides is 2. The number of nitrogens with two attached hydrogens (primary N) is 1. The summed E-state index contributed by atoms with van der Waals surface area (Å²) in [4.78, 5) is 16.1. The van der Waals surface area contributed by atoms with Crippen LogP contribution in [-0.4, -0.2) is 61.8 Å². The highest BCUT2D eigenvalue weighted by Crippen LogP contribution is 2.28. The second-order valence-electron chi connectivity index (χ2n) is 6.94. The van der Waals surface area contributed by atoms with Gasteiger partial charge in [-0.15, -0.1) is 0 Å². The molecule has 0 saturated carbocycles. The predicted octanol–water partition coefficient (Wildman–Crippen LogP) is 2.92. The number of urea groups is 1. The Hall–Kier alpha value is -2.37. The van der Waals surface area contributed by atoms with Crippen molar-refractivity contribution in [2.75, 3.05) is 45.9 Å². The molecule has 0 atom stereocenters. The van der Waals surface area contributed by atoms with Gasteiger partial charge in [0.1, 0.15) is 0 Å². The van der Waals surface area contributed by atoms with E-state index in [2.05, 4.69) is 53.4 Å². The number of nitrogens with zero attached hydrogens (tertiary/aromatic N) is 2. The minimum atomic E-state index is -0.344. The molecule has 0 radical (unpaired) electrons. The maximum Gasteiger partial charge on any atom is 0.314 e. The molecule has 1 saturated heterocycles. The van der Waals surface area contributed by atoms with Crippen LogP contribution in [0.2, 0.25) is 0 Å². The van der Waals surface area contributed by atoms with Crippen molar-refractivity contribution < 1.29 is 9.53 Å². The molecule has 2 aromatic carbocycles. The van der Waals surface area contributed by atoms with E-state index in [1.54, 1.807) is 4.90 Å². The van der Waals surface area contributed by atoms with Crippen LogP contribution >= 0.6 is 0 Å². The van der Waals surface area contributed by atoms with Gasteiger partial charge in [-0.05, 0) is 17.5 Å². The van der Waals surface area contributed by atoms with Crippen LogP contribution in [0.1, 0.15) is 23.5 Å². The summed E-state index contributed by atoms with van der Waals surface area (Å²) in [5, 5.41) is 0. The zero-order chi connectivity index (χ0) is 18.9. The van der Waals surface area contributed by atoms with E-state index in [1.165, 1.54) is 11.1 Å². The minimum absolute atomic E-state index is 0.248. The quantitative estimate of drug-likeness (QED) is 0.780. The molecule has 0 bridgehead atoms. The fourth-order valence-electron chi connectivity index (χ4n) is 3.60. The highest BCUT2D eigenvalue weighted by Gasteiger charge is 2.19. The SMILES string of the molecule is NC(=O)N(CCC(c1ccccc1)c1ccccc1)CCN1CCOCC1. The molecule has 3 rings (SSSR count). The van der Waals surface area contributed by atoms with Crippen molar-refractivity contribution in [3.8, 4) is 0 Å². The number of morpholine rings is 1. The van der Waals surface area contributed by atoms with Gasteiger partial charge in [0.2, 0.25) is 0 Å². The van der Waals surface area contributed by atoms with E-state index >= 15 is 0 Å². The first kappa shape index (κ1) is 19.4. The van der Waals surface area contributed by atoms with E-state index in [0.717, 1.165) is 39.3 Å². The summed E-state index contributed by atoms with van der Waals surface area (Å²) >= 11 is 0. The van der Waals surface area contributed by atoms with Crippen molar-refractivity contribution in [2.24, 2.45) is 5.73 Å². The Morgan fingerprint density at radius 2 is 1.52 bits per heavy atom. The monoisotopic (exact) mass is 367 g/mol. The van der Waals surface area contributed by atoms with Crippen molar-refractivity contribution >= 4 is 6.03 Å². The van der Waals surface area contributed by atoms with E-state index in [4.69, 9.17) is 10.5 Å². The Morgan fingerprint density at radius 1 is 0.963 bits per heavy atom. The molecular weight excluding hydrogens is 338 g/mol. The predicted molar refractivity (Wildman–Crippen MR) is 108 cm³/mol. The average molecular weight is 367 g/mol. The summed E-state index contributed by atoms with van der Waals surface area (Å²) in [5.41, 5.74) is 8.19. The molecule has 0 unspecified atom stereocenters. The lowest BCUT2D eigenvalue weighted by atomic mass is 9.88. The third kappa shape index (κ3) is 5.81. The van der Waals surface area contributed by atoms with Crippen molar-refractivity contribution in [2.45, 2.75) is 12.3 Å². The molecule has 1 aliphatic rings. The standard InChI is InChI=1S/C22H29N3O2/c23-22(26)25(14-13-24-15-17-27-18-16-24)12-11-21(19-7-3-1-4-8-19)20-9-5-2-6-10-20/h1-10,21H,11-18H2,(H2,23,26). The van der Waals surface area contributed by atoms with Crippen LogP contribution in [0.25, 0.3) is 0 Å². The second-order valence-corrected chi connectivity index (χ2v) is 6.94. The van der Waals surface area contributed by atoms with Crippen LogP contribution in [0.3, 0.4) is 0 Å². The van der Waals surface area contributed by atoms with Crippen molar-refractivity contribution in [1.29, 1.82) is 0 Å². The molecule has 5 heteroatoms. The number of carbonyl (C=O) groups excluding carboxylic acids is 1. The zero-order valence-electron chi connectivity index (χ0n) is 15.8. The molecule has 27 heavy (non-hydrogen) atoms. The molecule has 1 aliphatic heterocycles. The molecule has 2 amide bonds. The first-order chi connectivity index (χ1) is 13.2. The Balaban J connectivity index is 1.64. The van der Waals surface area contributed by atoms with Gasteiger partial charge >= 0.3 is 6.03 Å². The summed E-state index contributed by atoms with van der Waals surface area (Å²) in [7, 11) is 0. The molecule has 1 heterocycles. The van der Waals surface area contributed by atoms with Crippen LogP contribution in [0.5, 0.6) is 0 Å². The van der Waals surface area contributed by atoms with Gasteiger partial charge in [-0.2, -0.15) is 0 Å². The fraction of sp³-hybridized carbons (Fsp3) is 0.409. The highest BCUT2D eigenvalue weighted by atomic mass is 16.5. The normalized spacial score (nSPS) is 15.0. The number of hydrogen-bond donors (Lipinski definition) is 1. The van der Waals surface area contributed by atoms with Gasteiger partial charge in [0.25, 0.3) is 0 Å². The van der Waals surface area contributed by atoms with Gasteiger partial charge in [-0.25, -0.2) is 4.79 Å². The molecule has 144 valence electrons. The maximum absolute atomic E-state index is 12.0. The van der Waals surface area contributed by atoms with E-state index in [9.17, 15) is 4.79 Å². The molecule has 5 nitrogen and oxygen atoms in total. The van der Waals surface area contributed by atoms with Gasteiger partial charge < -0.3 is 15.4 Å². The van der Waals surface area contributed by atoms with E-state index in [1.807, 2.05) is 12.1 Å². The van der Waals surface area contributed by atoms with Crippen LogP contribution in [-0.2, 0) is 4.74 Å². The Labute approximate surface area is 161 Å². The van der Waals surface area contributed by atoms with Crippen molar-refractivity contribution in [3.63, 3.8) is 0 Å². The average Bonchev–Trinajstić information content (AvgIpc) is 2.72. The largest absolute Gasteiger partial charge is 0.379 e. The van der Waals surface area contributed by atoms with Gasteiger partial charge in [-0.3, -0.25) is 4.90 Å². The van der Waals surface area contributed by atoms with E-state index < -0.39 is 0 Å². The number of benzene rings is 2. The molecule has 0 spiro atoms. The van der Waals surface area contributed by atoms with Crippen LogP contribution < -0.4 is 5.73 Å². The van der Waals surface area contributed by atoms with E-state index in [-0.39, 0.29) is 11.9 Å². The second kappa shape index (κ2) is 10.1. The number of ether oxygens (including phenoxy) is 1. The summed E-state index contributed by atoms with van der Waals surface area (Å²) in [6, 6.07) is 20.6. The van der Waals surface area contributed by atoms with Gasteiger partial charge in [0, 0.05) is 38.6 Å². The third-order valence-electron chi connectivity index (χ3n) is 5.19. The van der Waals surface area contributed by atoms with Gasteiger partial charge in [0.15, 0.2) is 0 Å². The first-order valence-electron chi connectivity index (χ1n) is 9.68. The summed E-state index contributed by atoms with van der Waals surface area (Å²) in [6.45, 7) is 5.52. The maximum atomic E-state index is 12.0. The summed E-state index contributed by atoms with van der Waals surface area (Å²) < 4.78 is 5.38. The number of hydrogen-bond acceptors (Lipinski definition) is 3. The van der Waals surface area contributed by atoms with E-state index in [0.29, 0.717) is 13.1 Å². The summed E-state index contributed by atoms with van der Waals surface area (Å²) in [6.07, 6.45) is 0.847. The Kier molecular flexibility index (Phi) is 7.25. The lowest BCUT2D eigenvalue weighted by Gasteiger charge is -2.30. The van der Waals surface area contributed by atoms with Gasteiger partial charge in [0.05, 0.1) is 13.2 Å². The Morgan fingerprint density at radius 3 is 2.04 bits per heavy atom. The number of rotatable bonds is 8. The van der Waals surface area contributed by atoms with Crippen molar-refractivity contribution in [3.05, 3.63) is 71.8 Å². The molecule has 1 fully saturated rings. The smallest absolute Gasteiger partial charge is 0.314 e. The molecule has 0 aromatic heterocycles. The van der Waals surface area contributed by atoms with Crippen LogP contribution in [0.4, 0.5) is 4.79 Å². The Bertz CT molecular complexity index is 648. The lowest BCUT2D eigenvalue weighted by Crippen LogP contribution is -2.45. The molecule has 2 aromatic rings. The van der Waals surface area contributed by atoms with Crippen LogP contribution in [0, 0.1) is 0 Å². The molecule has 0 aliphatic carbocycles. The molecular formula is C22H29N3O2. The zero-order valence-corrected chi connectivity index (χ0v) is 15.8. The third-order valence-corrected chi connectivity index (χ3v) is 5.19. The first-order valence-corrected chi connectivity index (χ1v) is 9.68. The minimum Gasteiger partial charge on any atom is -0.379 e. The number of carbonyl (C=O) groups is 1. The van der Waals surface area contributed by atoms with Gasteiger partial charge in [-0.1, -0.05) is 60.7 Å². The highest BCUT2D eigenvalue weighted by molar-refractivity contribution is 5.72. The van der Waals surface area contributed by atoms with Crippen LogP contribution in [0.15, 0.2) is 60.7 Å². The van der Waals surface area contributed by atoms with Crippen molar-refractivity contribution in [1.82, 2.24) is 9.80 Å².